The molecule has 0 aliphatic carbocycles. The van der Waals surface area contributed by atoms with Crippen LogP contribution in [0.3, 0.4) is 0 Å². The van der Waals surface area contributed by atoms with Crippen molar-refractivity contribution in [3.05, 3.63) is 88.5 Å². The van der Waals surface area contributed by atoms with E-state index in [0.717, 1.165) is 11.1 Å². The molecule has 9 nitrogen and oxygen atoms in total. The van der Waals surface area contributed by atoms with E-state index in [2.05, 4.69) is 15.0 Å². The standard InChI is InChI=1S/C23H25N5O4/c24-23-26-21-20(22(30)27-23)25-14-28(21)15-32-19(13-31-12-17-9-5-2-6-10-17)18(29)11-16-7-3-1-4-8-16/h1-10,14,18-19,29H,11-13,15H2,(H3,24,26,27,30). The van der Waals surface area contributed by atoms with Crippen LogP contribution in [0.2, 0.25) is 0 Å². The van der Waals surface area contributed by atoms with Crippen molar-refractivity contribution in [1.29, 1.82) is 0 Å². The summed E-state index contributed by atoms with van der Waals surface area (Å²) < 4.78 is 13.4. The highest BCUT2D eigenvalue weighted by molar-refractivity contribution is 5.70. The zero-order valence-corrected chi connectivity index (χ0v) is 17.4. The first kappa shape index (κ1) is 21.7. The Kier molecular flexibility index (Phi) is 6.90. The summed E-state index contributed by atoms with van der Waals surface area (Å²) in [6, 6.07) is 19.5. The summed E-state index contributed by atoms with van der Waals surface area (Å²) in [5.41, 5.74) is 7.74. The van der Waals surface area contributed by atoms with Crippen LogP contribution < -0.4 is 11.3 Å². The van der Waals surface area contributed by atoms with Crippen molar-refractivity contribution in [3.63, 3.8) is 0 Å². The van der Waals surface area contributed by atoms with Gasteiger partial charge in [0.05, 0.1) is 25.6 Å². The molecule has 2 unspecified atom stereocenters. The molecule has 4 aromatic rings. The number of anilines is 1. The Hall–Kier alpha value is -3.53. The van der Waals surface area contributed by atoms with Crippen LogP contribution in [-0.4, -0.2) is 43.4 Å². The number of nitrogens with one attached hydrogen (secondary N) is 1. The molecular formula is C23H25N5O4. The van der Waals surface area contributed by atoms with Gasteiger partial charge in [-0.15, -0.1) is 0 Å². The fraction of sp³-hybridized carbons (Fsp3) is 0.261. The minimum atomic E-state index is -0.801. The van der Waals surface area contributed by atoms with Crippen molar-refractivity contribution >= 4 is 17.1 Å². The number of fused-ring (bicyclic) bond motifs is 1. The van der Waals surface area contributed by atoms with Gasteiger partial charge in [0, 0.05) is 6.42 Å². The number of imidazole rings is 1. The summed E-state index contributed by atoms with van der Waals surface area (Å²) >= 11 is 0. The average molecular weight is 435 g/mol. The van der Waals surface area contributed by atoms with E-state index in [9.17, 15) is 9.90 Å². The number of ether oxygens (including phenoxy) is 2. The maximum absolute atomic E-state index is 12.0. The second kappa shape index (κ2) is 10.2. The number of hydrogen-bond acceptors (Lipinski definition) is 7. The maximum Gasteiger partial charge on any atom is 0.280 e. The van der Waals surface area contributed by atoms with Gasteiger partial charge in [0.25, 0.3) is 5.56 Å². The van der Waals surface area contributed by atoms with Crippen LogP contribution in [0.5, 0.6) is 0 Å². The Balaban J connectivity index is 1.46. The first-order valence-corrected chi connectivity index (χ1v) is 10.3. The molecule has 2 aromatic carbocycles. The molecule has 0 radical (unpaired) electrons. The normalized spacial score (nSPS) is 13.3. The van der Waals surface area contributed by atoms with Gasteiger partial charge in [-0.25, -0.2) is 4.98 Å². The molecule has 0 saturated heterocycles. The largest absolute Gasteiger partial charge is 0.390 e. The number of benzene rings is 2. The minimum Gasteiger partial charge on any atom is -0.390 e. The lowest BCUT2D eigenvalue weighted by Crippen LogP contribution is -2.35. The lowest BCUT2D eigenvalue weighted by Gasteiger charge is -2.24. The predicted molar refractivity (Wildman–Crippen MR) is 120 cm³/mol. The molecule has 2 atom stereocenters. The maximum atomic E-state index is 12.0. The van der Waals surface area contributed by atoms with E-state index < -0.39 is 17.8 Å². The van der Waals surface area contributed by atoms with Crippen LogP contribution in [0, 0.1) is 0 Å². The fourth-order valence-corrected chi connectivity index (χ4v) is 3.37. The molecule has 0 amide bonds. The molecular weight excluding hydrogens is 410 g/mol. The number of rotatable bonds is 10. The highest BCUT2D eigenvalue weighted by Gasteiger charge is 2.22. The van der Waals surface area contributed by atoms with Gasteiger partial charge in [-0.1, -0.05) is 60.7 Å². The number of nitrogens with zero attached hydrogens (tertiary/aromatic N) is 3. The van der Waals surface area contributed by atoms with E-state index >= 15 is 0 Å². The third-order valence-corrected chi connectivity index (χ3v) is 5.03. The molecule has 4 rings (SSSR count). The van der Waals surface area contributed by atoms with Gasteiger partial charge in [0.15, 0.2) is 11.2 Å². The summed E-state index contributed by atoms with van der Waals surface area (Å²) in [7, 11) is 0. The van der Waals surface area contributed by atoms with Crippen molar-refractivity contribution in [2.45, 2.75) is 32.0 Å². The molecule has 9 heteroatoms. The van der Waals surface area contributed by atoms with Crippen LogP contribution in [-0.2, 0) is 29.2 Å². The second-order valence-corrected chi connectivity index (χ2v) is 7.43. The van der Waals surface area contributed by atoms with Crippen molar-refractivity contribution in [3.8, 4) is 0 Å². The van der Waals surface area contributed by atoms with Crippen LogP contribution in [0.4, 0.5) is 5.95 Å². The SMILES string of the molecule is Nc1nc2c(ncn2COC(COCc2ccccc2)C(O)Cc2ccccc2)c(=O)[nH]1. The lowest BCUT2D eigenvalue weighted by molar-refractivity contribution is -0.102. The summed E-state index contributed by atoms with van der Waals surface area (Å²) in [6.45, 7) is 0.615. The number of aliphatic hydroxyl groups excluding tert-OH is 1. The predicted octanol–water partition coefficient (Wildman–Crippen LogP) is 1.86. The first-order chi connectivity index (χ1) is 15.6. The summed E-state index contributed by atoms with van der Waals surface area (Å²) in [5, 5.41) is 10.9. The van der Waals surface area contributed by atoms with E-state index in [0.29, 0.717) is 18.7 Å². The van der Waals surface area contributed by atoms with Gasteiger partial charge in [-0.2, -0.15) is 4.98 Å². The third-order valence-electron chi connectivity index (χ3n) is 5.03. The fourth-order valence-electron chi connectivity index (χ4n) is 3.37. The molecule has 0 bridgehead atoms. The summed E-state index contributed by atoms with van der Waals surface area (Å²) in [6.07, 6.45) is 0.452. The molecule has 0 aliphatic rings. The molecule has 166 valence electrons. The van der Waals surface area contributed by atoms with Gasteiger partial charge >= 0.3 is 0 Å². The van der Waals surface area contributed by atoms with Crippen LogP contribution in [0.1, 0.15) is 11.1 Å². The molecule has 0 aliphatic heterocycles. The van der Waals surface area contributed by atoms with E-state index in [1.807, 2.05) is 60.7 Å². The number of H-pyrrole nitrogens is 1. The highest BCUT2D eigenvalue weighted by Crippen LogP contribution is 2.13. The van der Waals surface area contributed by atoms with Gasteiger partial charge in [-0.3, -0.25) is 14.3 Å². The first-order valence-electron chi connectivity index (χ1n) is 10.3. The zero-order valence-electron chi connectivity index (χ0n) is 17.4. The Morgan fingerprint density at radius 3 is 2.47 bits per heavy atom. The van der Waals surface area contributed by atoms with Crippen molar-refractivity contribution < 1.29 is 14.6 Å². The second-order valence-electron chi connectivity index (χ2n) is 7.43. The Morgan fingerprint density at radius 2 is 1.75 bits per heavy atom. The number of nitrogen functional groups attached to an aromatic ring is 1. The molecule has 4 N–H and O–H groups in total. The highest BCUT2D eigenvalue weighted by atomic mass is 16.5. The minimum absolute atomic E-state index is 0.00360. The molecule has 32 heavy (non-hydrogen) atoms. The average Bonchev–Trinajstić information content (AvgIpc) is 3.20. The number of nitrogens with two attached hydrogens (primary N) is 1. The number of hydrogen-bond donors (Lipinski definition) is 3. The number of aromatic nitrogens is 4. The molecule has 0 spiro atoms. The van der Waals surface area contributed by atoms with Crippen LogP contribution >= 0.6 is 0 Å². The molecule has 2 aromatic heterocycles. The Labute approximate surface area is 184 Å². The monoisotopic (exact) mass is 435 g/mol. The van der Waals surface area contributed by atoms with Gasteiger partial charge in [0.1, 0.15) is 12.8 Å². The van der Waals surface area contributed by atoms with Gasteiger partial charge < -0.3 is 20.3 Å². The van der Waals surface area contributed by atoms with Crippen molar-refractivity contribution in [2.75, 3.05) is 12.3 Å². The lowest BCUT2D eigenvalue weighted by atomic mass is 10.0. The quantitative estimate of drug-likeness (QED) is 0.347. The Morgan fingerprint density at radius 1 is 1.06 bits per heavy atom. The van der Waals surface area contributed by atoms with Gasteiger partial charge in [-0.05, 0) is 11.1 Å². The van der Waals surface area contributed by atoms with Crippen molar-refractivity contribution in [1.82, 2.24) is 19.5 Å². The van der Waals surface area contributed by atoms with E-state index in [4.69, 9.17) is 15.2 Å². The Bertz CT molecular complexity index is 1190. The topological polar surface area (TPSA) is 128 Å². The molecule has 0 fully saturated rings. The number of aliphatic hydroxyl groups is 1. The smallest absolute Gasteiger partial charge is 0.280 e. The number of aromatic amines is 1. The summed E-state index contributed by atoms with van der Waals surface area (Å²) in [4.78, 5) is 22.6. The summed E-state index contributed by atoms with van der Waals surface area (Å²) in [5.74, 6) is -0.00360. The van der Waals surface area contributed by atoms with Gasteiger partial charge in [0.2, 0.25) is 5.95 Å². The van der Waals surface area contributed by atoms with E-state index in [-0.39, 0.29) is 24.8 Å². The molecule has 0 saturated carbocycles. The van der Waals surface area contributed by atoms with E-state index in [1.165, 1.54) is 6.33 Å². The van der Waals surface area contributed by atoms with E-state index in [1.54, 1.807) is 4.57 Å². The van der Waals surface area contributed by atoms with Crippen molar-refractivity contribution in [2.24, 2.45) is 0 Å². The van der Waals surface area contributed by atoms with Crippen LogP contribution in [0.25, 0.3) is 11.2 Å². The zero-order chi connectivity index (χ0) is 22.3. The van der Waals surface area contributed by atoms with Crippen LogP contribution in [0.15, 0.2) is 71.8 Å². The molecule has 2 heterocycles. The third kappa shape index (κ3) is 5.38.